The van der Waals surface area contributed by atoms with E-state index < -0.39 is 6.10 Å². The Morgan fingerprint density at radius 3 is 1.88 bits per heavy atom. The second-order valence-corrected chi connectivity index (χ2v) is 2.30. The number of carbonyl (C=O) groups excluding carboxylic acids is 1. The summed E-state index contributed by atoms with van der Waals surface area (Å²) in [5.74, 6) is -0.104. The van der Waals surface area contributed by atoms with Crippen molar-refractivity contribution in [3.63, 3.8) is 0 Å². The first kappa shape index (κ1) is 7.63. The summed E-state index contributed by atoms with van der Waals surface area (Å²) >= 11 is 0. The quantitative estimate of drug-likeness (QED) is 0.573. The maximum absolute atomic E-state index is 10.3. The van der Waals surface area contributed by atoms with Crippen molar-refractivity contribution in [1.29, 1.82) is 0 Å². The van der Waals surface area contributed by atoms with Crippen LogP contribution in [-0.4, -0.2) is 17.0 Å². The van der Waals surface area contributed by atoms with E-state index in [0.717, 1.165) is 0 Å². The van der Waals surface area contributed by atoms with Crippen LogP contribution in [0.5, 0.6) is 0 Å². The number of hydrogen-bond donors (Lipinski definition) is 1. The molecular weight excluding hydrogens is 104 g/mol. The van der Waals surface area contributed by atoms with Gasteiger partial charge in [0.25, 0.3) is 0 Å². The molecule has 48 valence electrons. The van der Waals surface area contributed by atoms with Crippen molar-refractivity contribution in [3.8, 4) is 0 Å². The van der Waals surface area contributed by atoms with E-state index in [0.29, 0.717) is 0 Å². The molecule has 1 N–H and O–H groups in total. The van der Waals surface area contributed by atoms with E-state index in [2.05, 4.69) is 0 Å². The Morgan fingerprint density at radius 1 is 1.50 bits per heavy atom. The Bertz CT molecular complexity index is 86.5. The van der Waals surface area contributed by atoms with Gasteiger partial charge in [-0.25, -0.2) is 0 Å². The van der Waals surface area contributed by atoms with Crippen LogP contribution in [0.1, 0.15) is 20.8 Å². The summed E-state index contributed by atoms with van der Waals surface area (Å²) in [6.07, 6.45) is -0.769. The van der Waals surface area contributed by atoms with Crippen LogP contribution in [-0.2, 0) is 4.79 Å². The largest absolute Gasteiger partial charge is 0.385 e. The Hall–Kier alpha value is -0.370. The second-order valence-electron chi connectivity index (χ2n) is 2.30. The molecule has 0 radical (unpaired) electrons. The second kappa shape index (κ2) is 2.82. The molecule has 0 saturated heterocycles. The minimum Gasteiger partial charge on any atom is -0.385 e. The van der Waals surface area contributed by atoms with E-state index in [4.69, 9.17) is 5.11 Å². The fourth-order valence-corrected chi connectivity index (χ4v) is 0.469. The van der Waals surface area contributed by atoms with Crippen LogP contribution in [0.3, 0.4) is 0 Å². The lowest BCUT2D eigenvalue weighted by Crippen LogP contribution is -2.22. The third-order valence-electron chi connectivity index (χ3n) is 1.05. The standard InChI is InChI=1S/C6H12O2/c1-4(2)6(8)5(3)7/h4,6,8H,1-3H3. The number of hydrogen-bond acceptors (Lipinski definition) is 2. The fraction of sp³-hybridized carbons (Fsp3) is 0.833. The molecule has 0 amide bonds. The zero-order chi connectivity index (χ0) is 6.73. The lowest BCUT2D eigenvalue weighted by molar-refractivity contribution is -0.126. The average Bonchev–Trinajstić information content (AvgIpc) is 1.64. The van der Waals surface area contributed by atoms with Gasteiger partial charge < -0.3 is 5.11 Å². The van der Waals surface area contributed by atoms with Crippen LogP contribution in [0.15, 0.2) is 0 Å². The third kappa shape index (κ3) is 2.07. The van der Waals surface area contributed by atoms with Crippen molar-refractivity contribution in [2.24, 2.45) is 5.92 Å². The predicted molar refractivity (Wildman–Crippen MR) is 31.5 cm³/mol. The Kier molecular flexibility index (Phi) is 2.69. The molecule has 0 aliphatic rings. The molecule has 0 aromatic rings. The number of rotatable bonds is 2. The monoisotopic (exact) mass is 116 g/mol. The maximum atomic E-state index is 10.3. The summed E-state index contributed by atoms with van der Waals surface area (Å²) in [5, 5.41) is 8.85. The molecule has 0 spiro atoms. The minimum absolute atomic E-state index is 0.0486. The van der Waals surface area contributed by atoms with E-state index in [-0.39, 0.29) is 11.7 Å². The highest BCUT2D eigenvalue weighted by Crippen LogP contribution is 2.00. The van der Waals surface area contributed by atoms with E-state index in [1.807, 2.05) is 13.8 Å². The number of aliphatic hydroxyl groups excluding tert-OH is 1. The van der Waals surface area contributed by atoms with Gasteiger partial charge >= 0.3 is 0 Å². The van der Waals surface area contributed by atoms with Crippen molar-refractivity contribution >= 4 is 5.78 Å². The summed E-state index contributed by atoms with van der Waals surface area (Å²) in [7, 11) is 0. The highest BCUT2D eigenvalue weighted by Gasteiger charge is 2.12. The first-order valence-electron chi connectivity index (χ1n) is 2.74. The van der Waals surface area contributed by atoms with Gasteiger partial charge in [-0.3, -0.25) is 4.79 Å². The molecule has 0 bridgehead atoms. The molecule has 0 heterocycles. The lowest BCUT2D eigenvalue weighted by Gasteiger charge is -2.08. The molecule has 8 heavy (non-hydrogen) atoms. The van der Waals surface area contributed by atoms with Gasteiger partial charge in [0.2, 0.25) is 0 Å². The predicted octanol–water partition coefficient (Wildman–Crippen LogP) is 0.592. The van der Waals surface area contributed by atoms with Gasteiger partial charge in [-0.15, -0.1) is 0 Å². The van der Waals surface area contributed by atoms with Gasteiger partial charge in [0.15, 0.2) is 5.78 Å². The first-order valence-corrected chi connectivity index (χ1v) is 2.74. The SMILES string of the molecule is CC(=O)C(O)C(C)C. The molecule has 0 aromatic carbocycles. The van der Waals surface area contributed by atoms with E-state index in [1.165, 1.54) is 6.92 Å². The van der Waals surface area contributed by atoms with Crippen LogP contribution < -0.4 is 0 Å². The molecule has 2 heteroatoms. The molecular formula is C6H12O2. The van der Waals surface area contributed by atoms with Gasteiger partial charge in [-0.05, 0) is 12.8 Å². The van der Waals surface area contributed by atoms with Crippen LogP contribution in [0.4, 0.5) is 0 Å². The summed E-state index contributed by atoms with van der Waals surface area (Å²) < 4.78 is 0. The Labute approximate surface area is 49.5 Å². The highest BCUT2D eigenvalue weighted by molar-refractivity contribution is 5.80. The molecule has 0 rings (SSSR count). The fourth-order valence-electron chi connectivity index (χ4n) is 0.469. The average molecular weight is 116 g/mol. The topological polar surface area (TPSA) is 37.3 Å². The number of Topliss-reactive ketones (excluding diaryl/α,β-unsaturated/α-hetero) is 1. The summed E-state index contributed by atoms with van der Waals surface area (Å²) in [5.41, 5.74) is 0. The Morgan fingerprint density at radius 2 is 1.88 bits per heavy atom. The van der Waals surface area contributed by atoms with Crippen LogP contribution in [0.25, 0.3) is 0 Å². The zero-order valence-electron chi connectivity index (χ0n) is 5.51. The molecule has 1 atom stereocenters. The summed E-state index contributed by atoms with van der Waals surface area (Å²) in [6, 6.07) is 0. The zero-order valence-corrected chi connectivity index (χ0v) is 5.51. The van der Waals surface area contributed by atoms with Gasteiger partial charge in [-0.2, -0.15) is 0 Å². The van der Waals surface area contributed by atoms with E-state index >= 15 is 0 Å². The van der Waals surface area contributed by atoms with Crippen LogP contribution in [0, 0.1) is 5.92 Å². The molecule has 2 nitrogen and oxygen atoms in total. The number of aliphatic hydroxyl groups is 1. The van der Waals surface area contributed by atoms with Gasteiger partial charge in [0.1, 0.15) is 6.10 Å². The lowest BCUT2D eigenvalue weighted by atomic mass is 10.1. The summed E-state index contributed by atoms with van der Waals surface area (Å²) in [6.45, 7) is 5.02. The van der Waals surface area contributed by atoms with Crippen molar-refractivity contribution < 1.29 is 9.90 Å². The molecule has 1 unspecified atom stereocenters. The molecule has 0 aromatic heterocycles. The normalized spacial score (nSPS) is 14.1. The van der Waals surface area contributed by atoms with Crippen molar-refractivity contribution in [2.75, 3.05) is 0 Å². The highest BCUT2D eigenvalue weighted by atomic mass is 16.3. The van der Waals surface area contributed by atoms with Crippen molar-refractivity contribution in [1.82, 2.24) is 0 Å². The smallest absolute Gasteiger partial charge is 0.158 e. The third-order valence-corrected chi connectivity index (χ3v) is 1.05. The molecule has 0 fully saturated rings. The van der Waals surface area contributed by atoms with Gasteiger partial charge in [0, 0.05) is 0 Å². The van der Waals surface area contributed by atoms with Crippen molar-refractivity contribution in [2.45, 2.75) is 26.9 Å². The van der Waals surface area contributed by atoms with E-state index in [1.54, 1.807) is 0 Å². The molecule has 0 aliphatic heterocycles. The maximum Gasteiger partial charge on any atom is 0.158 e. The number of ketones is 1. The van der Waals surface area contributed by atoms with E-state index in [9.17, 15) is 4.79 Å². The van der Waals surface area contributed by atoms with Crippen LogP contribution >= 0.6 is 0 Å². The Balaban J connectivity index is 3.64. The number of carbonyl (C=O) groups is 1. The minimum atomic E-state index is -0.769. The molecule has 0 aliphatic carbocycles. The van der Waals surface area contributed by atoms with Crippen LogP contribution in [0.2, 0.25) is 0 Å². The molecule has 0 saturated carbocycles. The van der Waals surface area contributed by atoms with Crippen molar-refractivity contribution in [3.05, 3.63) is 0 Å². The van der Waals surface area contributed by atoms with Gasteiger partial charge in [0.05, 0.1) is 0 Å². The summed E-state index contributed by atoms with van der Waals surface area (Å²) in [4.78, 5) is 10.3. The van der Waals surface area contributed by atoms with Gasteiger partial charge in [-0.1, -0.05) is 13.8 Å². The first-order chi connectivity index (χ1) is 3.55.